The van der Waals surface area contributed by atoms with Gasteiger partial charge in [0.2, 0.25) is 5.91 Å². The number of halogens is 1. The summed E-state index contributed by atoms with van der Waals surface area (Å²) < 4.78 is 1.91. The Labute approximate surface area is 184 Å². The van der Waals surface area contributed by atoms with Gasteiger partial charge in [0, 0.05) is 55.5 Å². The zero-order valence-corrected chi connectivity index (χ0v) is 18.9. The highest BCUT2D eigenvalue weighted by Crippen LogP contribution is 2.21. The number of piperazine rings is 1. The van der Waals surface area contributed by atoms with Crippen LogP contribution >= 0.6 is 11.6 Å². The molecule has 2 aromatic rings. The van der Waals surface area contributed by atoms with Crippen molar-refractivity contribution in [3.05, 3.63) is 46.2 Å². The molecule has 1 aromatic carbocycles. The van der Waals surface area contributed by atoms with Gasteiger partial charge in [-0.2, -0.15) is 5.10 Å². The molecule has 30 heavy (non-hydrogen) atoms. The number of amides is 1. The number of nitrogens with zero attached hydrogens (tertiary/aromatic N) is 5. The van der Waals surface area contributed by atoms with E-state index in [9.17, 15) is 4.79 Å². The third-order valence-corrected chi connectivity index (χ3v) is 6.75. The first kappa shape index (κ1) is 21.3. The summed E-state index contributed by atoms with van der Waals surface area (Å²) in [6, 6.07) is 7.63. The number of hydrogen-bond donors (Lipinski definition) is 0. The van der Waals surface area contributed by atoms with Crippen LogP contribution in [0.2, 0.25) is 5.02 Å². The highest BCUT2D eigenvalue weighted by molar-refractivity contribution is 6.30. The molecule has 0 N–H and O–H groups in total. The fourth-order valence-corrected chi connectivity index (χ4v) is 4.66. The van der Waals surface area contributed by atoms with Crippen LogP contribution in [0.15, 0.2) is 24.3 Å². The summed E-state index contributed by atoms with van der Waals surface area (Å²) in [5, 5.41) is 5.38. The van der Waals surface area contributed by atoms with Crippen LogP contribution in [0, 0.1) is 13.8 Å². The summed E-state index contributed by atoms with van der Waals surface area (Å²) in [7, 11) is 0. The highest BCUT2D eigenvalue weighted by atomic mass is 35.5. The monoisotopic (exact) mass is 429 g/mol. The van der Waals surface area contributed by atoms with Crippen molar-refractivity contribution in [1.82, 2.24) is 24.5 Å². The van der Waals surface area contributed by atoms with E-state index in [1.807, 2.05) is 47.7 Å². The molecule has 2 fully saturated rings. The number of hydrogen-bond acceptors (Lipinski definition) is 4. The lowest BCUT2D eigenvalue weighted by molar-refractivity contribution is -0.132. The maximum atomic E-state index is 13.0. The molecule has 2 aliphatic heterocycles. The SMILES string of the molecule is Cc1nn(-c2ccc(Cl)cc2)c(C)c1CC(=O)N1CCN(CCN2CCCC2)CC1. The molecule has 0 spiro atoms. The first-order valence-corrected chi connectivity index (χ1v) is 11.4. The van der Waals surface area contributed by atoms with E-state index in [1.165, 1.54) is 25.9 Å². The van der Waals surface area contributed by atoms with Gasteiger partial charge in [0.1, 0.15) is 0 Å². The number of carbonyl (C=O) groups excluding carboxylic acids is 1. The van der Waals surface area contributed by atoms with E-state index in [2.05, 4.69) is 14.9 Å². The van der Waals surface area contributed by atoms with Gasteiger partial charge in [-0.3, -0.25) is 9.69 Å². The molecule has 7 heteroatoms. The van der Waals surface area contributed by atoms with E-state index < -0.39 is 0 Å². The minimum absolute atomic E-state index is 0.205. The molecule has 0 unspecified atom stereocenters. The summed E-state index contributed by atoms with van der Waals surface area (Å²) >= 11 is 6.01. The van der Waals surface area contributed by atoms with Gasteiger partial charge < -0.3 is 9.80 Å². The molecule has 4 rings (SSSR count). The summed E-state index contributed by atoms with van der Waals surface area (Å²) in [5.74, 6) is 0.205. The molecular weight excluding hydrogens is 398 g/mol. The molecule has 1 amide bonds. The average Bonchev–Trinajstić information content (AvgIpc) is 3.37. The Balaban J connectivity index is 1.32. The minimum atomic E-state index is 0.205. The molecule has 0 aliphatic carbocycles. The van der Waals surface area contributed by atoms with Crippen molar-refractivity contribution in [2.45, 2.75) is 33.1 Å². The number of carbonyl (C=O) groups is 1. The van der Waals surface area contributed by atoms with Gasteiger partial charge in [-0.05, 0) is 64.0 Å². The van der Waals surface area contributed by atoms with Crippen molar-refractivity contribution >= 4 is 17.5 Å². The van der Waals surface area contributed by atoms with E-state index in [-0.39, 0.29) is 5.91 Å². The van der Waals surface area contributed by atoms with Crippen molar-refractivity contribution in [2.75, 3.05) is 52.4 Å². The minimum Gasteiger partial charge on any atom is -0.340 e. The van der Waals surface area contributed by atoms with E-state index in [4.69, 9.17) is 11.6 Å². The summed E-state index contributed by atoms with van der Waals surface area (Å²) in [6.07, 6.45) is 3.10. The third-order valence-electron chi connectivity index (χ3n) is 6.50. The Bertz CT molecular complexity index is 864. The lowest BCUT2D eigenvalue weighted by Crippen LogP contribution is -2.50. The van der Waals surface area contributed by atoms with Gasteiger partial charge >= 0.3 is 0 Å². The van der Waals surface area contributed by atoms with Crippen LogP contribution in [-0.2, 0) is 11.2 Å². The van der Waals surface area contributed by atoms with E-state index in [1.54, 1.807) is 0 Å². The molecule has 1 aromatic heterocycles. The second-order valence-corrected chi connectivity index (χ2v) is 8.92. The topological polar surface area (TPSA) is 44.6 Å². The summed E-state index contributed by atoms with van der Waals surface area (Å²) in [5.41, 5.74) is 3.93. The van der Waals surface area contributed by atoms with Gasteiger partial charge in [-0.1, -0.05) is 11.6 Å². The van der Waals surface area contributed by atoms with Crippen molar-refractivity contribution in [2.24, 2.45) is 0 Å². The predicted octanol–water partition coefficient (Wildman–Crippen LogP) is 2.93. The number of aryl methyl sites for hydroxylation is 1. The number of aromatic nitrogens is 2. The smallest absolute Gasteiger partial charge is 0.227 e. The van der Waals surface area contributed by atoms with Gasteiger partial charge in [0.05, 0.1) is 17.8 Å². The Morgan fingerprint density at radius 2 is 1.53 bits per heavy atom. The Morgan fingerprint density at radius 1 is 0.933 bits per heavy atom. The lowest BCUT2D eigenvalue weighted by Gasteiger charge is -2.35. The van der Waals surface area contributed by atoms with Gasteiger partial charge in [0.25, 0.3) is 0 Å². The fraction of sp³-hybridized carbons (Fsp3) is 0.565. The van der Waals surface area contributed by atoms with E-state index in [0.29, 0.717) is 11.4 Å². The maximum Gasteiger partial charge on any atom is 0.227 e. The molecule has 0 atom stereocenters. The molecular formula is C23H32ClN5O. The second kappa shape index (κ2) is 9.50. The highest BCUT2D eigenvalue weighted by Gasteiger charge is 2.24. The Morgan fingerprint density at radius 3 is 2.17 bits per heavy atom. The van der Waals surface area contributed by atoms with E-state index in [0.717, 1.165) is 61.9 Å². The molecule has 0 bridgehead atoms. The van der Waals surface area contributed by atoms with Crippen LogP contribution < -0.4 is 0 Å². The molecule has 2 aliphatic rings. The van der Waals surface area contributed by atoms with Gasteiger partial charge in [-0.25, -0.2) is 4.68 Å². The van der Waals surface area contributed by atoms with Crippen LogP contribution in [0.1, 0.15) is 29.8 Å². The van der Waals surface area contributed by atoms with Crippen molar-refractivity contribution in [1.29, 1.82) is 0 Å². The third kappa shape index (κ3) is 4.88. The fourth-order valence-electron chi connectivity index (χ4n) is 4.54. The van der Waals surface area contributed by atoms with Crippen LogP contribution in [0.5, 0.6) is 0 Å². The normalized spacial score (nSPS) is 18.3. The molecule has 3 heterocycles. The first-order chi connectivity index (χ1) is 14.5. The van der Waals surface area contributed by atoms with Crippen LogP contribution in [-0.4, -0.2) is 82.7 Å². The molecule has 0 radical (unpaired) electrons. The Kier molecular flexibility index (Phi) is 6.76. The number of likely N-dealkylation sites (tertiary alicyclic amines) is 1. The first-order valence-electron chi connectivity index (χ1n) is 11.0. The van der Waals surface area contributed by atoms with Crippen LogP contribution in [0.4, 0.5) is 0 Å². The average molecular weight is 430 g/mol. The molecule has 2 saturated heterocycles. The zero-order valence-electron chi connectivity index (χ0n) is 18.1. The molecule has 0 saturated carbocycles. The van der Waals surface area contributed by atoms with Crippen LogP contribution in [0.25, 0.3) is 5.69 Å². The largest absolute Gasteiger partial charge is 0.340 e. The lowest BCUT2D eigenvalue weighted by atomic mass is 10.1. The second-order valence-electron chi connectivity index (χ2n) is 8.49. The van der Waals surface area contributed by atoms with E-state index >= 15 is 0 Å². The Hall–Kier alpha value is -1.89. The van der Waals surface area contributed by atoms with Crippen molar-refractivity contribution < 1.29 is 4.79 Å². The van der Waals surface area contributed by atoms with Gasteiger partial charge in [-0.15, -0.1) is 0 Å². The number of rotatable bonds is 6. The quantitative estimate of drug-likeness (QED) is 0.708. The predicted molar refractivity (Wildman–Crippen MR) is 120 cm³/mol. The maximum absolute atomic E-state index is 13.0. The van der Waals surface area contributed by atoms with Crippen molar-refractivity contribution in [3.63, 3.8) is 0 Å². The number of benzene rings is 1. The summed E-state index contributed by atoms with van der Waals surface area (Å²) in [6.45, 7) is 12.4. The van der Waals surface area contributed by atoms with Crippen LogP contribution in [0.3, 0.4) is 0 Å². The standard InChI is InChI=1S/C23H32ClN5O/c1-18-22(19(2)29(25-18)21-7-5-20(24)6-8-21)17-23(30)28-15-13-27(14-16-28)12-11-26-9-3-4-10-26/h5-8H,3-4,9-17H2,1-2H3. The molecule has 162 valence electrons. The van der Waals surface area contributed by atoms with Gasteiger partial charge in [0.15, 0.2) is 0 Å². The molecule has 6 nitrogen and oxygen atoms in total. The van der Waals surface area contributed by atoms with Crippen molar-refractivity contribution in [3.8, 4) is 5.69 Å². The zero-order chi connectivity index (χ0) is 21.1. The summed E-state index contributed by atoms with van der Waals surface area (Å²) in [4.78, 5) is 20.1.